The van der Waals surface area contributed by atoms with Gasteiger partial charge in [-0.1, -0.05) is 6.07 Å². The minimum absolute atomic E-state index is 0.203. The van der Waals surface area contributed by atoms with Crippen molar-refractivity contribution in [2.24, 2.45) is 5.73 Å². The summed E-state index contributed by atoms with van der Waals surface area (Å²) in [4.78, 5) is 4.31. The van der Waals surface area contributed by atoms with Gasteiger partial charge in [0.1, 0.15) is 0 Å². The molecule has 5 heteroatoms. The molecule has 2 heterocycles. The van der Waals surface area contributed by atoms with Crippen molar-refractivity contribution < 1.29 is 0 Å². The highest BCUT2D eigenvalue weighted by molar-refractivity contribution is 5.42. The van der Waals surface area contributed by atoms with Gasteiger partial charge in [-0.3, -0.25) is 0 Å². The Kier molecular flexibility index (Phi) is 2.82. The summed E-state index contributed by atoms with van der Waals surface area (Å²) >= 11 is 0. The van der Waals surface area contributed by atoms with Crippen molar-refractivity contribution in [2.45, 2.75) is 19.4 Å². The Morgan fingerprint density at radius 1 is 1.53 bits per heavy atom. The third-order valence-electron chi connectivity index (χ3n) is 2.12. The topological polar surface area (TPSA) is 68.2 Å². The summed E-state index contributed by atoms with van der Waals surface area (Å²) in [6.07, 6.45) is 2.79. The number of nitrogens with one attached hydrogen (secondary N) is 1. The minimum atomic E-state index is 0.203. The maximum absolute atomic E-state index is 5.65. The Balaban J connectivity index is 2.03. The van der Waals surface area contributed by atoms with E-state index < -0.39 is 0 Å². The van der Waals surface area contributed by atoms with Crippen LogP contribution >= 0.6 is 0 Å². The van der Waals surface area contributed by atoms with E-state index in [9.17, 15) is 0 Å². The number of rotatable bonds is 4. The zero-order valence-electron chi connectivity index (χ0n) is 8.72. The maximum atomic E-state index is 5.65. The lowest BCUT2D eigenvalue weighted by Gasteiger charge is -2.03. The average molecular weight is 205 g/mol. The molecule has 1 atom stereocenters. The predicted octanol–water partition coefficient (Wildman–Crippen LogP) is 0.878. The molecule has 3 N–H and O–H groups in total. The Labute approximate surface area is 88.3 Å². The molecule has 0 aromatic carbocycles. The van der Waals surface area contributed by atoms with Gasteiger partial charge in [0, 0.05) is 18.8 Å². The molecular weight excluding hydrogens is 190 g/mol. The molecule has 2 rings (SSSR count). The molecule has 0 amide bonds. The summed E-state index contributed by atoms with van der Waals surface area (Å²) in [5.74, 6) is 0.654. The van der Waals surface area contributed by atoms with Crippen molar-refractivity contribution in [2.75, 3.05) is 11.9 Å². The van der Waals surface area contributed by atoms with Crippen molar-refractivity contribution >= 4 is 11.6 Å². The number of nitrogens with zero attached hydrogens (tertiary/aromatic N) is 3. The van der Waals surface area contributed by atoms with Crippen molar-refractivity contribution in [1.82, 2.24) is 14.6 Å². The molecule has 80 valence electrons. The largest absolute Gasteiger partial charge is 0.353 e. The number of aromatic nitrogens is 3. The van der Waals surface area contributed by atoms with Gasteiger partial charge in [0.15, 0.2) is 5.65 Å². The highest BCUT2D eigenvalue weighted by atomic mass is 15.3. The summed E-state index contributed by atoms with van der Waals surface area (Å²) in [5.41, 5.74) is 6.49. The van der Waals surface area contributed by atoms with Gasteiger partial charge in [-0.2, -0.15) is 4.98 Å². The molecule has 0 fully saturated rings. The standard InChI is InChI=1S/C10H15N5/c1-8(11)5-6-12-10-13-9-4-2-3-7-15(9)14-10/h2-4,7-8H,5-6,11H2,1H3,(H,12,14). The van der Waals surface area contributed by atoms with Crippen LogP contribution in [-0.2, 0) is 0 Å². The highest BCUT2D eigenvalue weighted by Gasteiger charge is 2.01. The zero-order valence-corrected chi connectivity index (χ0v) is 8.72. The fourth-order valence-electron chi connectivity index (χ4n) is 1.32. The minimum Gasteiger partial charge on any atom is -0.353 e. The third-order valence-corrected chi connectivity index (χ3v) is 2.12. The Morgan fingerprint density at radius 2 is 2.40 bits per heavy atom. The molecule has 0 aliphatic rings. The van der Waals surface area contributed by atoms with Gasteiger partial charge in [0.05, 0.1) is 0 Å². The molecule has 5 nitrogen and oxygen atoms in total. The van der Waals surface area contributed by atoms with E-state index in [2.05, 4.69) is 15.4 Å². The number of fused-ring (bicyclic) bond motifs is 1. The van der Waals surface area contributed by atoms with E-state index in [4.69, 9.17) is 5.73 Å². The second-order valence-electron chi connectivity index (χ2n) is 3.63. The van der Waals surface area contributed by atoms with Crippen molar-refractivity contribution in [1.29, 1.82) is 0 Å². The monoisotopic (exact) mass is 205 g/mol. The first kappa shape index (κ1) is 9.92. The molecule has 0 spiro atoms. The van der Waals surface area contributed by atoms with Crippen LogP contribution in [0, 0.1) is 0 Å². The van der Waals surface area contributed by atoms with Gasteiger partial charge >= 0.3 is 0 Å². The van der Waals surface area contributed by atoms with Crippen LogP contribution in [0.15, 0.2) is 24.4 Å². The lowest BCUT2D eigenvalue weighted by Crippen LogP contribution is -2.19. The van der Waals surface area contributed by atoms with Crippen LogP contribution in [0.2, 0.25) is 0 Å². The van der Waals surface area contributed by atoms with Gasteiger partial charge in [-0.05, 0) is 25.5 Å². The summed E-state index contributed by atoms with van der Waals surface area (Å²) in [6.45, 7) is 2.79. The molecular formula is C10H15N5. The SMILES string of the molecule is CC(N)CCNc1nc2ccccn2n1. The van der Waals surface area contributed by atoms with Gasteiger partial charge in [0.2, 0.25) is 5.95 Å². The summed E-state index contributed by atoms with van der Waals surface area (Å²) in [7, 11) is 0. The quantitative estimate of drug-likeness (QED) is 0.777. The van der Waals surface area contributed by atoms with Crippen LogP contribution < -0.4 is 11.1 Å². The second kappa shape index (κ2) is 4.27. The molecule has 0 saturated heterocycles. The van der Waals surface area contributed by atoms with E-state index in [-0.39, 0.29) is 6.04 Å². The Bertz CT molecular complexity index is 401. The van der Waals surface area contributed by atoms with Crippen LogP contribution in [-0.4, -0.2) is 27.2 Å². The third kappa shape index (κ3) is 2.44. The van der Waals surface area contributed by atoms with Crippen molar-refractivity contribution in [3.05, 3.63) is 24.4 Å². The van der Waals surface area contributed by atoms with Gasteiger partial charge in [-0.15, -0.1) is 5.10 Å². The lowest BCUT2D eigenvalue weighted by molar-refractivity contribution is 0.688. The zero-order chi connectivity index (χ0) is 10.7. The first-order valence-corrected chi connectivity index (χ1v) is 5.06. The van der Waals surface area contributed by atoms with Crippen LogP contribution in [0.1, 0.15) is 13.3 Å². The lowest BCUT2D eigenvalue weighted by atomic mass is 10.2. The van der Waals surface area contributed by atoms with Crippen LogP contribution in [0.4, 0.5) is 5.95 Å². The van der Waals surface area contributed by atoms with Gasteiger partial charge < -0.3 is 11.1 Å². The molecule has 0 saturated carbocycles. The predicted molar refractivity (Wildman–Crippen MR) is 59.7 cm³/mol. The average Bonchev–Trinajstić information content (AvgIpc) is 2.59. The van der Waals surface area contributed by atoms with Crippen LogP contribution in [0.25, 0.3) is 5.65 Å². The maximum Gasteiger partial charge on any atom is 0.243 e. The fraction of sp³-hybridized carbons (Fsp3) is 0.400. The number of nitrogens with two attached hydrogens (primary N) is 1. The van der Waals surface area contributed by atoms with Crippen molar-refractivity contribution in [3.8, 4) is 0 Å². The number of hydrogen-bond acceptors (Lipinski definition) is 4. The van der Waals surface area contributed by atoms with Gasteiger partial charge in [-0.25, -0.2) is 4.52 Å². The van der Waals surface area contributed by atoms with Crippen LogP contribution in [0.3, 0.4) is 0 Å². The number of pyridine rings is 1. The fourth-order valence-corrected chi connectivity index (χ4v) is 1.32. The molecule has 1 unspecified atom stereocenters. The normalized spacial score (nSPS) is 12.9. The number of anilines is 1. The summed E-state index contributed by atoms with van der Waals surface area (Å²) in [5, 5.41) is 7.41. The van der Waals surface area contributed by atoms with E-state index in [1.807, 2.05) is 31.3 Å². The highest BCUT2D eigenvalue weighted by Crippen LogP contribution is 2.04. The van der Waals surface area contributed by atoms with Crippen LogP contribution in [0.5, 0.6) is 0 Å². The van der Waals surface area contributed by atoms with E-state index in [1.54, 1.807) is 4.52 Å². The smallest absolute Gasteiger partial charge is 0.243 e. The van der Waals surface area contributed by atoms with Gasteiger partial charge in [0.25, 0.3) is 0 Å². The van der Waals surface area contributed by atoms with E-state index >= 15 is 0 Å². The van der Waals surface area contributed by atoms with E-state index in [1.165, 1.54) is 0 Å². The Morgan fingerprint density at radius 3 is 3.13 bits per heavy atom. The molecule has 0 aliphatic carbocycles. The molecule has 15 heavy (non-hydrogen) atoms. The van der Waals surface area contributed by atoms with E-state index in [0.717, 1.165) is 18.6 Å². The van der Waals surface area contributed by atoms with E-state index in [0.29, 0.717) is 5.95 Å². The second-order valence-corrected chi connectivity index (χ2v) is 3.63. The van der Waals surface area contributed by atoms with Crippen molar-refractivity contribution in [3.63, 3.8) is 0 Å². The summed E-state index contributed by atoms with van der Waals surface area (Å²) in [6, 6.07) is 5.99. The first-order valence-electron chi connectivity index (χ1n) is 5.06. The molecule has 0 bridgehead atoms. The number of hydrogen-bond donors (Lipinski definition) is 2. The molecule has 2 aromatic rings. The molecule has 0 aliphatic heterocycles. The molecule has 0 radical (unpaired) electrons. The molecule has 2 aromatic heterocycles. The first-order chi connectivity index (χ1) is 7.25. The Hall–Kier alpha value is -1.62. The summed E-state index contributed by atoms with van der Waals surface area (Å²) < 4.78 is 1.74.